The minimum absolute atomic E-state index is 0.0159. The van der Waals surface area contributed by atoms with Gasteiger partial charge < -0.3 is 10.2 Å². The molecule has 29 heavy (non-hydrogen) atoms. The molecule has 0 saturated carbocycles. The van der Waals surface area contributed by atoms with Crippen molar-refractivity contribution in [2.24, 2.45) is 0 Å². The molecule has 0 radical (unpaired) electrons. The van der Waals surface area contributed by atoms with Crippen LogP contribution in [-0.4, -0.2) is 46.4 Å². The van der Waals surface area contributed by atoms with Crippen LogP contribution in [0.4, 0.5) is 8.78 Å². The van der Waals surface area contributed by atoms with Gasteiger partial charge in [0.2, 0.25) is 5.91 Å². The first-order valence-corrected chi connectivity index (χ1v) is 9.08. The number of rotatable bonds is 7. The standard InChI is InChI=1S/C20H21F2N5O2/c1-26(2)17(19-14(21)7-5-8-15(19)22)12-23-18(28)10-11-27-20(29)13-6-3-4-9-16(13)24-25-27/h3-9,17H,10-12H2,1-2H3,(H,23,28). The maximum absolute atomic E-state index is 14.1. The number of nitrogens with zero attached hydrogens (tertiary/aromatic N) is 4. The zero-order valence-electron chi connectivity index (χ0n) is 16.1. The average molecular weight is 401 g/mol. The topological polar surface area (TPSA) is 80.1 Å². The fraction of sp³-hybridized carbons (Fsp3) is 0.300. The highest BCUT2D eigenvalue weighted by Crippen LogP contribution is 2.23. The first kappa shape index (κ1) is 20.5. The Balaban J connectivity index is 1.65. The second-order valence-electron chi connectivity index (χ2n) is 6.80. The summed E-state index contributed by atoms with van der Waals surface area (Å²) >= 11 is 0. The molecular weight excluding hydrogens is 380 g/mol. The number of amides is 1. The lowest BCUT2D eigenvalue weighted by atomic mass is 10.0. The molecule has 1 heterocycles. The van der Waals surface area contributed by atoms with Crippen LogP contribution in [0, 0.1) is 11.6 Å². The molecule has 9 heteroatoms. The van der Waals surface area contributed by atoms with Crippen LogP contribution in [0.25, 0.3) is 10.9 Å². The molecule has 0 spiro atoms. The number of aryl methyl sites for hydroxylation is 1. The minimum atomic E-state index is -0.677. The summed E-state index contributed by atoms with van der Waals surface area (Å²) in [4.78, 5) is 26.3. The second-order valence-corrected chi connectivity index (χ2v) is 6.80. The summed E-state index contributed by atoms with van der Waals surface area (Å²) in [5.41, 5.74) is 0.0522. The quantitative estimate of drug-likeness (QED) is 0.654. The van der Waals surface area contributed by atoms with E-state index in [1.54, 1.807) is 43.3 Å². The predicted molar refractivity (Wildman–Crippen MR) is 104 cm³/mol. The Morgan fingerprint density at radius 2 is 1.83 bits per heavy atom. The summed E-state index contributed by atoms with van der Waals surface area (Å²) in [5, 5.41) is 10.9. The number of aromatic nitrogens is 3. The molecule has 152 valence electrons. The molecule has 0 aliphatic carbocycles. The van der Waals surface area contributed by atoms with Crippen LogP contribution in [-0.2, 0) is 11.3 Å². The van der Waals surface area contributed by atoms with E-state index in [2.05, 4.69) is 15.6 Å². The van der Waals surface area contributed by atoms with Crippen LogP contribution in [0.1, 0.15) is 18.0 Å². The molecule has 0 saturated heterocycles. The van der Waals surface area contributed by atoms with Crippen molar-refractivity contribution in [3.63, 3.8) is 0 Å². The normalized spacial score (nSPS) is 12.3. The van der Waals surface area contributed by atoms with Crippen LogP contribution in [0.2, 0.25) is 0 Å². The molecule has 1 aromatic heterocycles. The van der Waals surface area contributed by atoms with E-state index in [0.29, 0.717) is 10.9 Å². The van der Waals surface area contributed by atoms with Crippen LogP contribution < -0.4 is 10.9 Å². The summed E-state index contributed by atoms with van der Waals surface area (Å²) in [6, 6.07) is 9.80. The monoisotopic (exact) mass is 401 g/mol. The van der Waals surface area contributed by atoms with Crippen molar-refractivity contribution in [3.8, 4) is 0 Å². The Kier molecular flexibility index (Phi) is 6.28. The van der Waals surface area contributed by atoms with Gasteiger partial charge in [-0.15, -0.1) is 5.10 Å². The fourth-order valence-corrected chi connectivity index (χ4v) is 3.05. The maximum atomic E-state index is 14.1. The van der Waals surface area contributed by atoms with Gasteiger partial charge >= 0.3 is 0 Å². The molecule has 1 N–H and O–H groups in total. The number of nitrogens with one attached hydrogen (secondary N) is 1. The molecule has 1 unspecified atom stereocenters. The molecule has 1 amide bonds. The number of benzene rings is 2. The van der Waals surface area contributed by atoms with Gasteiger partial charge in [-0.3, -0.25) is 9.59 Å². The fourth-order valence-electron chi connectivity index (χ4n) is 3.05. The van der Waals surface area contributed by atoms with Gasteiger partial charge in [-0.05, 0) is 38.4 Å². The van der Waals surface area contributed by atoms with Gasteiger partial charge in [-0.25, -0.2) is 13.5 Å². The van der Waals surface area contributed by atoms with E-state index in [4.69, 9.17) is 0 Å². The molecule has 0 aliphatic rings. The van der Waals surface area contributed by atoms with Crippen LogP contribution in [0.3, 0.4) is 0 Å². The summed E-state index contributed by atoms with van der Waals surface area (Å²) in [5.74, 6) is -1.71. The van der Waals surface area contributed by atoms with Crippen molar-refractivity contribution >= 4 is 16.8 Å². The van der Waals surface area contributed by atoms with Crippen molar-refractivity contribution in [1.29, 1.82) is 0 Å². The van der Waals surface area contributed by atoms with Crippen molar-refractivity contribution in [2.45, 2.75) is 19.0 Å². The van der Waals surface area contributed by atoms with Gasteiger partial charge in [0.25, 0.3) is 5.56 Å². The number of hydrogen-bond donors (Lipinski definition) is 1. The molecule has 3 aromatic rings. The number of halogens is 2. The average Bonchev–Trinajstić information content (AvgIpc) is 2.69. The van der Waals surface area contributed by atoms with Crippen LogP contribution in [0.5, 0.6) is 0 Å². The van der Waals surface area contributed by atoms with Gasteiger partial charge in [0.05, 0.1) is 18.0 Å². The Bertz CT molecular complexity index is 1060. The predicted octanol–water partition coefficient (Wildman–Crippen LogP) is 1.88. The number of carbonyl (C=O) groups excluding carboxylic acids is 1. The summed E-state index contributed by atoms with van der Waals surface area (Å²) < 4.78 is 29.3. The number of carbonyl (C=O) groups is 1. The third-order valence-corrected chi connectivity index (χ3v) is 4.63. The molecule has 1 atom stereocenters. The van der Waals surface area contributed by atoms with E-state index in [1.807, 2.05) is 0 Å². The molecular formula is C20H21F2N5O2. The van der Waals surface area contributed by atoms with Crippen LogP contribution in [0.15, 0.2) is 47.3 Å². The molecule has 3 rings (SSSR count). The minimum Gasteiger partial charge on any atom is -0.354 e. The van der Waals surface area contributed by atoms with Gasteiger partial charge in [0.15, 0.2) is 0 Å². The number of fused-ring (bicyclic) bond motifs is 1. The van der Waals surface area contributed by atoms with E-state index in [-0.39, 0.29) is 36.5 Å². The highest BCUT2D eigenvalue weighted by Gasteiger charge is 2.22. The summed E-state index contributed by atoms with van der Waals surface area (Å²) in [6.07, 6.45) is -0.0210. The zero-order chi connectivity index (χ0) is 21.0. The molecule has 7 nitrogen and oxygen atoms in total. The van der Waals surface area contributed by atoms with E-state index < -0.39 is 17.7 Å². The highest BCUT2D eigenvalue weighted by atomic mass is 19.1. The van der Waals surface area contributed by atoms with E-state index in [9.17, 15) is 18.4 Å². The van der Waals surface area contributed by atoms with Gasteiger partial charge in [-0.1, -0.05) is 23.4 Å². The largest absolute Gasteiger partial charge is 0.354 e. The summed E-state index contributed by atoms with van der Waals surface area (Å²) in [7, 11) is 3.35. The first-order chi connectivity index (χ1) is 13.9. The second kappa shape index (κ2) is 8.87. The van der Waals surface area contributed by atoms with Gasteiger partial charge in [0.1, 0.15) is 17.2 Å². The SMILES string of the molecule is CN(C)C(CNC(=O)CCn1nnc2ccccc2c1=O)c1c(F)cccc1F. The zero-order valence-corrected chi connectivity index (χ0v) is 16.1. The summed E-state index contributed by atoms with van der Waals surface area (Å²) in [6.45, 7) is 0.0607. The molecule has 0 bridgehead atoms. The molecule has 0 fully saturated rings. The van der Waals surface area contributed by atoms with Crippen molar-refractivity contribution in [2.75, 3.05) is 20.6 Å². The van der Waals surface area contributed by atoms with Crippen LogP contribution >= 0.6 is 0 Å². The first-order valence-electron chi connectivity index (χ1n) is 9.08. The number of hydrogen-bond acceptors (Lipinski definition) is 5. The Morgan fingerprint density at radius 1 is 1.14 bits per heavy atom. The highest BCUT2D eigenvalue weighted by molar-refractivity contribution is 5.77. The Morgan fingerprint density at radius 3 is 2.52 bits per heavy atom. The van der Waals surface area contributed by atoms with Gasteiger partial charge in [-0.2, -0.15) is 0 Å². The van der Waals surface area contributed by atoms with Crippen molar-refractivity contribution < 1.29 is 13.6 Å². The van der Waals surface area contributed by atoms with E-state index in [0.717, 1.165) is 4.68 Å². The molecule has 2 aromatic carbocycles. The lowest BCUT2D eigenvalue weighted by molar-refractivity contribution is -0.121. The lowest BCUT2D eigenvalue weighted by Gasteiger charge is -2.25. The Hall–Kier alpha value is -3.20. The smallest absolute Gasteiger partial charge is 0.277 e. The van der Waals surface area contributed by atoms with Crippen molar-refractivity contribution in [3.05, 3.63) is 70.0 Å². The number of likely N-dealkylation sites (N-methyl/N-ethyl adjacent to an activating group) is 1. The maximum Gasteiger partial charge on any atom is 0.277 e. The van der Waals surface area contributed by atoms with Gasteiger partial charge in [0, 0.05) is 18.5 Å². The Labute approximate surface area is 165 Å². The lowest BCUT2D eigenvalue weighted by Crippen LogP contribution is -2.36. The molecule has 0 aliphatic heterocycles. The van der Waals surface area contributed by atoms with E-state index >= 15 is 0 Å². The third-order valence-electron chi connectivity index (χ3n) is 4.63. The third kappa shape index (κ3) is 4.62. The van der Waals surface area contributed by atoms with E-state index in [1.165, 1.54) is 18.2 Å². The van der Waals surface area contributed by atoms with Crippen molar-refractivity contribution in [1.82, 2.24) is 25.2 Å².